The van der Waals surface area contributed by atoms with Crippen molar-refractivity contribution in [2.45, 2.75) is 38.8 Å². The van der Waals surface area contributed by atoms with Crippen molar-refractivity contribution < 1.29 is 38.6 Å². The first-order valence-electron chi connectivity index (χ1n) is 9.64. The highest BCUT2D eigenvalue weighted by atomic mass is 16.5. The van der Waals surface area contributed by atoms with Crippen LogP contribution in [-0.4, -0.2) is 55.1 Å². The summed E-state index contributed by atoms with van der Waals surface area (Å²) in [5.74, 6) is -7.19. The summed E-state index contributed by atoms with van der Waals surface area (Å²) >= 11 is 0. The standard InChI is InChI=1S/C21H28N2O8/c1-12(17(20(28)30-3)21(29)31-4)18(19(26)27)23-16(25)11-10-15(24)22-13(2)14-8-6-5-7-9-14/h5-9,12-13,17-18H,10-11H2,1-4H3,(H,22,24)(H,23,25)(H,26,27)/t12-,13+,18+/m0/s1. The summed E-state index contributed by atoms with van der Waals surface area (Å²) in [6, 6.07) is 7.42. The highest BCUT2D eigenvalue weighted by Gasteiger charge is 2.42. The molecule has 10 heteroatoms. The lowest BCUT2D eigenvalue weighted by Gasteiger charge is -2.26. The van der Waals surface area contributed by atoms with E-state index in [4.69, 9.17) is 0 Å². The molecule has 3 atom stereocenters. The highest BCUT2D eigenvalue weighted by molar-refractivity contribution is 5.96. The van der Waals surface area contributed by atoms with E-state index in [0.29, 0.717) is 0 Å². The lowest BCUT2D eigenvalue weighted by atomic mass is 9.87. The van der Waals surface area contributed by atoms with Crippen LogP contribution >= 0.6 is 0 Å². The molecule has 0 unspecified atom stereocenters. The predicted molar refractivity (Wildman–Crippen MR) is 108 cm³/mol. The molecular formula is C21H28N2O8. The molecule has 0 radical (unpaired) electrons. The maximum Gasteiger partial charge on any atom is 0.326 e. The van der Waals surface area contributed by atoms with Gasteiger partial charge in [0.25, 0.3) is 0 Å². The minimum atomic E-state index is -1.57. The molecule has 1 aromatic carbocycles. The third-order valence-corrected chi connectivity index (χ3v) is 4.80. The Hall–Kier alpha value is -3.43. The molecule has 0 bridgehead atoms. The first-order chi connectivity index (χ1) is 14.6. The Balaban J connectivity index is 2.70. The van der Waals surface area contributed by atoms with E-state index >= 15 is 0 Å². The molecule has 0 fully saturated rings. The molecule has 2 amide bonds. The van der Waals surface area contributed by atoms with Gasteiger partial charge in [-0.1, -0.05) is 37.3 Å². The van der Waals surface area contributed by atoms with Crippen LogP contribution in [0.5, 0.6) is 0 Å². The maximum atomic E-state index is 12.2. The van der Waals surface area contributed by atoms with E-state index in [2.05, 4.69) is 20.1 Å². The smallest absolute Gasteiger partial charge is 0.326 e. The van der Waals surface area contributed by atoms with Gasteiger partial charge in [0.1, 0.15) is 6.04 Å². The third-order valence-electron chi connectivity index (χ3n) is 4.80. The molecule has 0 spiro atoms. The fraction of sp³-hybridized carbons (Fsp3) is 0.476. The van der Waals surface area contributed by atoms with Crippen LogP contribution in [0.2, 0.25) is 0 Å². The molecule has 1 aromatic rings. The number of carbonyl (C=O) groups excluding carboxylic acids is 4. The van der Waals surface area contributed by atoms with Crippen molar-refractivity contribution in [2.75, 3.05) is 14.2 Å². The van der Waals surface area contributed by atoms with Gasteiger partial charge < -0.3 is 25.2 Å². The zero-order valence-electron chi connectivity index (χ0n) is 17.9. The molecule has 1 rings (SSSR count). The molecular weight excluding hydrogens is 408 g/mol. The van der Waals surface area contributed by atoms with Gasteiger partial charge in [0.05, 0.1) is 20.3 Å². The zero-order chi connectivity index (χ0) is 23.6. The maximum absolute atomic E-state index is 12.2. The second-order valence-corrected chi connectivity index (χ2v) is 6.97. The Bertz CT molecular complexity index is 780. The average molecular weight is 436 g/mol. The van der Waals surface area contributed by atoms with E-state index in [-0.39, 0.29) is 24.8 Å². The number of nitrogens with one attached hydrogen (secondary N) is 2. The van der Waals surface area contributed by atoms with Gasteiger partial charge >= 0.3 is 17.9 Å². The van der Waals surface area contributed by atoms with E-state index < -0.39 is 41.7 Å². The Morgan fingerprint density at radius 1 is 0.871 bits per heavy atom. The van der Waals surface area contributed by atoms with Gasteiger partial charge in [-0.15, -0.1) is 0 Å². The summed E-state index contributed by atoms with van der Waals surface area (Å²) in [5, 5.41) is 14.5. The number of benzene rings is 1. The molecule has 0 aromatic heterocycles. The molecule has 0 aliphatic carbocycles. The quantitative estimate of drug-likeness (QED) is 0.341. The van der Waals surface area contributed by atoms with Crippen LogP contribution < -0.4 is 10.6 Å². The monoisotopic (exact) mass is 436 g/mol. The lowest BCUT2D eigenvalue weighted by Crippen LogP contribution is -2.50. The minimum Gasteiger partial charge on any atom is -0.480 e. The van der Waals surface area contributed by atoms with E-state index in [0.717, 1.165) is 19.8 Å². The number of methoxy groups -OCH3 is 2. The van der Waals surface area contributed by atoms with E-state index in [1.807, 2.05) is 30.3 Å². The van der Waals surface area contributed by atoms with Crippen LogP contribution in [0.25, 0.3) is 0 Å². The third kappa shape index (κ3) is 7.72. The molecule has 0 aliphatic heterocycles. The highest BCUT2D eigenvalue weighted by Crippen LogP contribution is 2.20. The summed E-state index contributed by atoms with van der Waals surface area (Å²) in [4.78, 5) is 59.8. The van der Waals surface area contributed by atoms with Crippen molar-refractivity contribution >= 4 is 29.7 Å². The van der Waals surface area contributed by atoms with Crippen molar-refractivity contribution in [1.82, 2.24) is 10.6 Å². The number of carboxylic acids is 1. The number of ether oxygens (including phenoxy) is 2. The van der Waals surface area contributed by atoms with E-state index in [1.54, 1.807) is 6.92 Å². The molecule has 0 saturated carbocycles. The van der Waals surface area contributed by atoms with Gasteiger partial charge in [-0.2, -0.15) is 0 Å². The van der Waals surface area contributed by atoms with E-state index in [1.165, 1.54) is 6.92 Å². The number of rotatable bonds is 11. The van der Waals surface area contributed by atoms with Crippen LogP contribution in [0.3, 0.4) is 0 Å². The van der Waals surface area contributed by atoms with Crippen molar-refractivity contribution in [3.8, 4) is 0 Å². The van der Waals surface area contributed by atoms with Gasteiger partial charge in [0, 0.05) is 18.8 Å². The van der Waals surface area contributed by atoms with Gasteiger partial charge in [-0.3, -0.25) is 19.2 Å². The molecule has 0 aliphatic rings. The summed E-state index contributed by atoms with van der Waals surface area (Å²) in [7, 11) is 2.10. The molecule has 10 nitrogen and oxygen atoms in total. The molecule has 3 N–H and O–H groups in total. The Morgan fingerprint density at radius 3 is 1.81 bits per heavy atom. The number of amides is 2. The topological polar surface area (TPSA) is 148 Å². The van der Waals surface area contributed by atoms with Crippen molar-refractivity contribution in [3.63, 3.8) is 0 Å². The number of hydrogen-bond acceptors (Lipinski definition) is 7. The first kappa shape index (κ1) is 25.6. The number of esters is 2. The zero-order valence-corrected chi connectivity index (χ0v) is 17.9. The molecule has 0 saturated heterocycles. The second-order valence-electron chi connectivity index (χ2n) is 6.97. The number of carboxylic acid groups (broad SMARTS) is 1. The molecule has 170 valence electrons. The van der Waals surface area contributed by atoms with Crippen LogP contribution in [0.4, 0.5) is 0 Å². The van der Waals surface area contributed by atoms with E-state index in [9.17, 15) is 29.1 Å². The molecule has 31 heavy (non-hydrogen) atoms. The number of carbonyl (C=O) groups is 5. The predicted octanol–water partition coefficient (Wildman–Crippen LogP) is 0.812. The van der Waals surface area contributed by atoms with Gasteiger partial charge in [0.2, 0.25) is 11.8 Å². The van der Waals surface area contributed by atoms with Crippen molar-refractivity contribution in [3.05, 3.63) is 35.9 Å². The lowest BCUT2D eigenvalue weighted by molar-refractivity contribution is -0.163. The van der Waals surface area contributed by atoms with Crippen LogP contribution in [-0.2, 0) is 33.4 Å². The summed E-state index contributed by atoms with van der Waals surface area (Å²) in [6.07, 6.45) is -0.438. The first-order valence-corrected chi connectivity index (χ1v) is 9.64. The summed E-state index contributed by atoms with van der Waals surface area (Å²) in [5.41, 5.74) is 0.900. The molecule has 0 heterocycles. The Labute approximate surface area is 180 Å². The summed E-state index contributed by atoms with van der Waals surface area (Å²) in [6.45, 7) is 3.11. The number of aliphatic carboxylic acids is 1. The van der Waals surface area contributed by atoms with Gasteiger partial charge in [-0.05, 0) is 12.5 Å². The second kappa shape index (κ2) is 12.3. The van der Waals surface area contributed by atoms with Gasteiger partial charge in [-0.25, -0.2) is 4.79 Å². The van der Waals surface area contributed by atoms with Crippen LogP contribution in [0.1, 0.15) is 38.3 Å². The normalized spacial score (nSPS) is 13.5. The fourth-order valence-electron chi connectivity index (χ4n) is 3.00. The van der Waals surface area contributed by atoms with Gasteiger partial charge in [0.15, 0.2) is 5.92 Å². The minimum absolute atomic E-state index is 0.166. The van der Waals surface area contributed by atoms with Crippen LogP contribution in [0.15, 0.2) is 30.3 Å². The Morgan fingerprint density at radius 2 is 1.35 bits per heavy atom. The fourth-order valence-corrected chi connectivity index (χ4v) is 3.00. The van der Waals surface area contributed by atoms with Crippen molar-refractivity contribution in [2.24, 2.45) is 11.8 Å². The van der Waals surface area contributed by atoms with Crippen LogP contribution in [0, 0.1) is 11.8 Å². The average Bonchev–Trinajstić information content (AvgIpc) is 2.75. The SMILES string of the molecule is COC(=O)C(C(=O)OC)[C@H](C)[C@@H](NC(=O)CCC(=O)N[C@H](C)c1ccccc1)C(=O)O. The summed E-state index contributed by atoms with van der Waals surface area (Å²) < 4.78 is 9.09. The van der Waals surface area contributed by atoms with Crippen molar-refractivity contribution in [1.29, 1.82) is 0 Å². The number of hydrogen-bond donors (Lipinski definition) is 3. The largest absolute Gasteiger partial charge is 0.480 e. The Kier molecular flexibility index (Phi) is 10.2.